The van der Waals surface area contributed by atoms with Gasteiger partial charge in [-0.05, 0) is 37.3 Å². The number of aromatic nitrogens is 1. The molecule has 1 aromatic carbocycles. The Morgan fingerprint density at radius 1 is 1.26 bits per heavy atom. The van der Waals surface area contributed by atoms with E-state index in [4.69, 9.17) is 23.2 Å². The fourth-order valence-electron chi connectivity index (χ4n) is 2.53. The van der Waals surface area contributed by atoms with Crippen molar-refractivity contribution in [3.63, 3.8) is 0 Å². The van der Waals surface area contributed by atoms with E-state index in [0.29, 0.717) is 16.0 Å². The zero-order valence-corrected chi connectivity index (χ0v) is 15.1. The van der Waals surface area contributed by atoms with Crippen molar-refractivity contribution in [2.45, 2.75) is 19.3 Å². The summed E-state index contributed by atoms with van der Waals surface area (Å²) in [5.74, 6) is 0.485. The van der Waals surface area contributed by atoms with Crippen LogP contribution in [0, 0.1) is 5.92 Å². The van der Waals surface area contributed by atoms with Gasteiger partial charge < -0.3 is 0 Å². The van der Waals surface area contributed by atoms with Gasteiger partial charge in [-0.25, -0.2) is 4.68 Å². The number of halogens is 2. The molecule has 1 aliphatic rings. The lowest BCUT2D eigenvalue weighted by atomic mass is 9.96. The standard InChI is InChI=1S/C17H17Cl2N3S/c1-20-17-22(21-10-12-5-3-2-4-6-12)16(11-23-17)13-7-8-14(18)15(19)9-13/h2-3,7-12H,4-6H2,1H3. The molecule has 1 aliphatic carbocycles. The van der Waals surface area contributed by atoms with Gasteiger partial charge in [-0.3, -0.25) is 4.99 Å². The Labute approximate surface area is 149 Å². The highest BCUT2D eigenvalue weighted by Gasteiger charge is 2.11. The Balaban J connectivity index is 1.98. The summed E-state index contributed by atoms with van der Waals surface area (Å²) in [5, 5.41) is 7.82. The molecule has 0 spiro atoms. The highest BCUT2D eigenvalue weighted by atomic mass is 35.5. The van der Waals surface area contributed by atoms with E-state index < -0.39 is 0 Å². The minimum absolute atomic E-state index is 0.485. The minimum atomic E-state index is 0.485. The topological polar surface area (TPSA) is 29.6 Å². The molecule has 0 bridgehead atoms. The molecular formula is C17H17Cl2N3S. The molecule has 23 heavy (non-hydrogen) atoms. The highest BCUT2D eigenvalue weighted by Crippen LogP contribution is 2.29. The normalized spacial score (nSPS) is 18.9. The fourth-order valence-corrected chi connectivity index (χ4v) is 3.63. The lowest BCUT2D eigenvalue weighted by molar-refractivity contribution is 0.621. The van der Waals surface area contributed by atoms with Crippen LogP contribution in [0.3, 0.4) is 0 Å². The molecular weight excluding hydrogens is 349 g/mol. The molecule has 3 nitrogen and oxygen atoms in total. The predicted molar refractivity (Wildman–Crippen MR) is 99.6 cm³/mol. The van der Waals surface area contributed by atoms with Crippen molar-refractivity contribution in [3.05, 3.63) is 50.6 Å². The van der Waals surface area contributed by atoms with Crippen molar-refractivity contribution in [1.29, 1.82) is 0 Å². The molecule has 120 valence electrons. The number of rotatable bonds is 3. The van der Waals surface area contributed by atoms with Crippen LogP contribution in [0.25, 0.3) is 11.3 Å². The summed E-state index contributed by atoms with van der Waals surface area (Å²) in [6.07, 6.45) is 9.81. The van der Waals surface area contributed by atoms with Gasteiger partial charge >= 0.3 is 0 Å². The third-order valence-corrected chi connectivity index (χ3v) is 5.44. The lowest BCUT2D eigenvalue weighted by Gasteiger charge is -2.12. The monoisotopic (exact) mass is 365 g/mol. The largest absolute Gasteiger partial charge is 0.261 e. The van der Waals surface area contributed by atoms with E-state index in [1.54, 1.807) is 24.5 Å². The molecule has 1 aromatic heterocycles. The average molecular weight is 366 g/mol. The van der Waals surface area contributed by atoms with E-state index in [1.807, 2.05) is 28.4 Å². The van der Waals surface area contributed by atoms with E-state index in [9.17, 15) is 0 Å². The van der Waals surface area contributed by atoms with Crippen molar-refractivity contribution in [1.82, 2.24) is 4.68 Å². The second kappa shape index (κ2) is 7.47. The maximum atomic E-state index is 6.15. The van der Waals surface area contributed by atoms with Gasteiger partial charge in [0.15, 0.2) is 0 Å². The minimum Gasteiger partial charge on any atom is -0.261 e. The molecule has 1 atom stereocenters. The van der Waals surface area contributed by atoms with Crippen LogP contribution in [0.5, 0.6) is 0 Å². The van der Waals surface area contributed by atoms with Gasteiger partial charge in [0.25, 0.3) is 0 Å². The zero-order valence-electron chi connectivity index (χ0n) is 12.7. The zero-order chi connectivity index (χ0) is 16.2. The number of hydrogen-bond acceptors (Lipinski definition) is 3. The SMILES string of the molecule is CN=c1scc(-c2ccc(Cl)c(Cl)c2)n1N=CC1CC=CCC1. The Hall–Kier alpha value is -1.36. The van der Waals surface area contributed by atoms with Gasteiger partial charge in [0.2, 0.25) is 4.80 Å². The molecule has 0 fully saturated rings. The van der Waals surface area contributed by atoms with Crippen LogP contribution in [0.15, 0.2) is 45.8 Å². The van der Waals surface area contributed by atoms with Gasteiger partial charge in [0.05, 0.1) is 15.7 Å². The molecule has 0 radical (unpaired) electrons. The van der Waals surface area contributed by atoms with Gasteiger partial charge in [0.1, 0.15) is 0 Å². The van der Waals surface area contributed by atoms with Gasteiger partial charge in [-0.1, -0.05) is 41.4 Å². The Morgan fingerprint density at radius 2 is 2.13 bits per heavy atom. The van der Waals surface area contributed by atoms with Crippen LogP contribution in [-0.4, -0.2) is 17.9 Å². The maximum Gasteiger partial charge on any atom is 0.205 e. The summed E-state index contributed by atoms with van der Waals surface area (Å²) >= 11 is 13.7. The molecule has 2 aromatic rings. The maximum absolute atomic E-state index is 6.15. The van der Waals surface area contributed by atoms with Crippen molar-refractivity contribution < 1.29 is 0 Å². The summed E-state index contributed by atoms with van der Waals surface area (Å²) in [4.78, 5) is 5.17. The molecule has 0 saturated heterocycles. The second-order valence-electron chi connectivity index (χ2n) is 5.38. The van der Waals surface area contributed by atoms with Crippen LogP contribution in [0.4, 0.5) is 0 Å². The molecule has 1 unspecified atom stereocenters. The van der Waals surface area contributed by atoms with Gasteiger partial charge in [0, 0.05) is 24.2 Å². The molecule has 0 N–H and O–H groups in total. The Bertz CT molecular complexity index is 817. The summed E-state index contributed by atoms with van der Waals surface area (Å²) < 4.78 is 1.88. The van der Waals surface area contributed by atoms with E-state index in [-0.39, 0.29) is 0 Å². The van der Waals surface area contributed by atoms with Crippen LogP contribution in [-0.2, 0) is 0 Å². The Kier molecular flexibility index (Phi) is 5.36. The van der Waals surface area contributed by atoms with Gasteiger partial charge in [-0.15, -0.1) is 11.3 Å². The van der Waals surface area contributed by atoms with Crippen LogP contribution < -0.4 is 4.80 Å². The second-order valence-corrected chi connectivity index (χ2v) is 7.03. The van der Waals surface area contributed by atoms with E-state index >= 15 is 0 Å². The fraction of sp³-hybridized carbons (Fsp3) is 0.294. The first-order valence-corrected chi connectivity index (χ1v) is 9.11. The molecule has 0 amide bonds. The molecule has 1 heterocycles. The van der Waals surface area contributed by atoms with E-state index in [0.717, 1.165) is 35.3 Å². The molecule has 3 rings (SSSR count). The molecule has 6 heteroatoms. The molecule has 0 aliphatic heterocycles. The average Bonchev–Trinajstić information content (AvgIpc) is 2.99. The van der Waals surface area contributed by atoms with E-state index in [1.165, 1.54) is 0 Å². The summed E-state index contributed by atoms with van der Waals surface area (Å²) in [7, 11) is 1.78. The van der Waals surface area contributed by atoms with Crippen LogP contribution in [0.1, 0.15) is 19.3 Å². The smallest absolute Gasteiger partial charge is 0.205 e. The number of allylic oxidation sites excluding steroid dienone is 2. The number of benzene rings is 1. The first-order valence-electron chi connectivity index (χ1n) is 7.47. The van der Waals surface area contributed by atoms with Crippen molar-refractivity contribution in [3.8, 4) is 11.3 Å². The number of thiazole rings is 1. The number of hydrogen-bond donors (Lipinski definition) is 0. The predicted octanol–water partition coefficient (Wildman–Crippen LogP) is 5.24. The van der Waals surface area contributed by atoms with Gasteiger partial charge in [-0.2, -0.15) is 5.10 Å². The summed E-state index contributed by atoms with van der Waals surface area (Å²) in [5.41, 5.74) is 1.95. The molecule has 0 saturated carbocycles. The Morgan fingerprint density at radius 3 is 2.83 bits per heavy atom. The first kappa shape index (κ1) is 16.5. The van der Waals surface area contributed by atoms with Crippen LogP contribution >= 0.6 is 34.5 Å². The van der Waals surface area contributed by atoms with Crippen LogP contribution in [0.2, 0.25) is 10.0 Å². The van der Waals surface area contributed by atoms with Crippen molar-refractivity contribution in [2.24, 2.45) is 16.0 Å². The lowest BCUT2D eigenvalue weighted by Crippen LogP contribution is -2.13. The quantitative estimate of drug-likeness (QED) is 0.525. The highest BCUT2D eigenvalue weighted by molar-refractivity contribution is 7.07. The summed E-state index contributed by atoms with van der Waals surface area (Å²) in [6, 6.07) is 5.62. The third kappa shape index (κ3) is 3.77. The number of nitrogens with zero attached hydrogens (tertiary/aromatic N) is 3. The summed E-state index contributed by atoms with van der Waals surface area (Å²) in [6.45, 7) is 0. The first-order chi connectivity index (χ1) is 11.2. The van der Waals surface area contributed by atoms with Crippen molar-refractivity contribution in [2.75, 3.05) is 7.05 Å². The van der Waals surface area contributed by atoms with E-state index in [2.05, 4.69) is 22.2 Å². The van der Waals surface area contributed by atoms with Crippen molar-refractivity contribution >= 4 is 40.8 Å². The third-order valence-electron chi connectivity index (χ3n) is 3.79.